The summed E-state index contributed by atoms with van der Waals surface area (Å²) in [6, 6.07) is 17.1. The third kappa shape index (κ3) is 4.32. The summed E-state index contributed by atoms with van der Waals surface area (Å²) in [4.78, 5) is 2.51. The monoisotopic (exact) mass is 335 g/mol. The van der Waals surface area contributed by atoms with E-state index in [1.807, 2.05) is 19.1 Å². The lowest BCUT2D eigenvalue weighted by Crippen LogP contribution is -2.38. The summed E-state index contributed by atoms with van der Waals surface area (Å²) in [6.45, 7) is 5.25. The summed E-state index contributed by atoms with van der Waals surface area (Å²) in [6.07, 6.45) is 2.24. The number of likely N-dealkylation sites (tertiary alicyclic amines) is 1. The van der Waals surface area contributed by atoms with E-state index in [9.17, 15) is 5.26 Å². The molecule has 0 radical (unpaired) electrons. The molecule has 0 bridgehead atoms. The second-order valence-electron chi connectivity index (χ2n) is 6.66. The van der Waals surface area contributed by atoms with Crippen LogP contribution in [0.5, 0.6) is 5.75 Å². The van der Waals surface area contributed by atoms with Crippen molar-refractivity contribution in [2.75, 3.05) is 25.5 Å². The molecule has 1 aliphatic rings. The van der Waals surface area contributed by atoms with Crippen molar-refractivity contribution >= 4 is 5.69 Å². The van der Waals surface area contributed by atoms with Crippen LogP contribution in [-0.2, 0) is 6.54 Å². The Labute approximate surface area is 150 Å². The summed E-state index contributed by atoms with van der Waals surface area (Å²) in [7, 11) is 1.61. The molecule has 0 aromatic heterocycles. The number of anilines is 1. The number of rotatable bonds is 5. The van der Waals surface area contributed by atoms with E-state index < -0.39 is 0 Å². The highest BCUT2D eigenvalue weighted by molar-refractivity contribution is 5.61. The molecule has 4 heteroatoms. The predicted octanol–water partition coefficient (Wildman–Crippen LogP) is 3.95. The maximum absolute atomic E-state index is 9.18. The lowest BCUT2D eigenvalue weighted by Gasteiger charge is -2.33. The highest BCUT2D eigenvalue weighted by Crippen LogP contribution is 2.28. The summed E-state index contributed by atoms with van der Waals surface area (Å²) in [5.41, 5.74) is 4.12. The van der Waals surface area contributed by atoms with Crippen molar-refractivity contribution in [1.82, 2.24) is 4.90 Å². The van der Waals surface area contributed by atoms with Crippen molar-refractivity contribution in [3.05, 3.63) is 59.2 Å². The summed E-state index contributed by atoms with van der Waals surface area (Å²) >= 11 is 0. The van der Waals surface area contributed by atoms with Crippen LogP contribution in [-0.4, -0.2) is 31.1 Å². The van der Waals surface area contributed by atoms with Gasteiger partial charge in [-0.3, -0.25) is 4.90 Å². The number of nitriles is 1. The lowest BCUT2D eigenvalue weighted by molar-refractivity contribution is 0.211. The van der Waals surface area contributed by atoms with Crippen LogP contribution in [0.3, 0.4) is 0 Å². The number of ether oxygens (including phenoxy) is 1. The number of methoxy groups -OCH3 is 1. The highest BCUT2D eigenvalue weighted by atomic mass is 16.5. The van der Waals surface area contributed by atoms with Crippen LogP contribution in [0.1, 0.15) is 29.5 Å². The van der Waals surface area contributed by atoms with E-state index in [4.69, 9.17) is 4.74 Å². The summed E-state index contributed by atoms with van der Waals surface area (Å²) < 4.78 is 5.33. The van der Waals surface area contributed by atoms with Gasteiger partial charge in [0.15, 0.2) is 0 Å². The fourth-order valence-corrected chi connectivity index (χ4v) is 3.40. The quantitative estimate of drug-likeness (QED) is 0.899. The Hall–Kier alpha value is -2.51. The number of hydrogen-bond donors (Lipinski definition) is 1. The zero-order chi connectivity index (χ0) is 17.6. The van der Waals surface area contributed by atoms with Gasteiger partial charge >= 0.3 is 0 Å². The minimum absolute atomic E-state index is 0.461. The van der Waals surface area contributed by atoms with Crippen LogP contribution in [0.15, 0.2) is 42.5 Å². The minimum Gasteiger partial charge on any atom is -0.495 e. The zero-order valence-electron chi connectivity index (χ0n) is 15.0. The van der Waals surface area contributed by atoms with Gasteiger partial charge in [0.05, 0.1) is 12.7 Å². The Morgan fingerprint density at radius 1 is 1.20 bits per heavy atom. The van der Waals surface area contributed by atoms with E-state index >= 15 is 0 Å². The lowest BCUT2D eigenvalue weighted by atomic mass is 10.0. The molecule has 0 atom stereocenters. The fourth-order valence-electron chi connectivity index (χ4n) is 3.40. The Kier molecular flexibility index (Phi) is 5.57. The number of nitrogens with zero attached hydrogens (tertiary/aromatic N) is 2. The second kappa shape index (κ2) is 8.04. The van der Waals surface area contributed by atoms with Crippen molar-refractivity contribution in [3.8, 4) is 11.8 Å². The molecular weight excluding hydrogens is 310 g/mol. The van der Waals surface area contributed by atoms with Gasteiger partial charge in [-0.25, -0.2) is 0 Å². The predicted molar refractivity (Wildman–Crippen MR) is 101 cm³/mol. The van der Waals surface area contributed by atoms with Gasteiger partial charge in [-0.2, -0.15) is 5.26 Å². The van der Waals surface area contributed by atoms with Crippen molar-refractivity contribution in [1.29, 1.82) is 5.26 Å². The normalized spacial score (nSPS) is 15.6. The number of nitrogens with one attached hydrogen (secondary N) is 1. The van der Waals surface area contributed by atoms with Gasteiger partial charge in [0.1, 0.15) is 11.8 Å². The molecule has 1 N–H and O–H groups in total. The van der Waals surface area contributed by atoms with Gasteiger partial charge in [-0.15, -0.1) is 0 Å². The zero-order valence-corrected chi connectivity index (χ0v) is 15.0. The first-order valence-corrected chi connectivity index (χ1v) is 8.81. The van der Waals surface area contributed by atoms with Gasteiger partial charge in [0, 0.05) is 37.4 Å². The van der Waals surface area contributed by atoms with Crippen LogP contribution in [0.25, 0.3) is 0 Å². The SMILES string of the molecule is COc1cc(NC2CCN(Cc3ccccc3)CC2)c(C)cc1C#N. The molecule has 0 aliphatic carbocycles. The molecular formula is C21H25N3O. The van der Waals surface area contributed by atoms with E-state index in [1.165, 1.54) is 5.56 Å². The molecule has 1 fully saturated rings. The van der Waals surface area contributed by atoms with Gasteiger partial charge in [-0.05, 0) is 37.0 Å². The maximum atomic E-state index is 9.18. The molecule has 25 heavy (non-hydrogen) atoms. The molecule has 130 valence electrons. The largest absolute Gasteiger partial charge is 0.495 e. The van der Waals surface area contributed by atoms with E-state index in [0.29, 0.717) is 17.4 Å². The average molecular weight is 335 g/mol. The topological polar surface area (TPSA) is 48.3 Å². The number of aryl methyl sites for hydroxylation is 1. The van der Waals surface area contributed by atoms with Crippen LogP contribution < -0.4 is 10.1 Å². The molecule has 4 nitrogen and oxygen atoms in total. The van der Waals surface area contributed by atoms with Crippen LogP contribution in [0.2, 0.25) is 0 Å². The smallest absolute Gasteiger partial charge is 0.138 e. The molecule has 0 saturated carbocycles. The molecule has 1 heterocycles. The Bertz CT molecular complexity index is 744. The molecule has 2 aromatic carbocycles. The number of piperidine rings is 1. The van der Waals surface area contributed by atoms with Crippen molar-refractivity contribution in [3.63, 3.8) is 0 Å². The number of benzene rings is 2. The van der Waals surface area contributed by atoms with Gasteiger partial charge in [0.2, 0.25) is 0 Å². The van der Waals surface area contributed by atoms with E-state index in [2.05, 4.69) is 46.6 Å². The van der Waals surface area contributed by atoms with E-state index in [1.54, 1.807) is 7.11 Å². The Balaban J connectivity index is 1.58. The van der Waals surface area contributed by atoms with Gasteiger partial charge in [0.25, 0.3) is 0 Å². The molecule has 0 unspecified atom stereocenters. The third-order valence-electron chi connectivity index (χ3n) is 4.86. The van der Waals surface area contributed by atoms with E-state index in [0.717, 1.165) is 43.7 Å². The van der Waals surface area contributed by atoms with Gasteiger partial charge in [-0.1, -0.05) is 30.3 Å². The first kappa shape index (κ1) is 17.3. The maximum Gasteiger partial charge on any atom is 0.138 e. The summed E-state index contributed by atoms with van der Waals surface area (Å²) in [5.74, 6) is 0.636. The molecule has 0 amide bonds. The molecule has 1 saturated heterocycles. The number of hydrogen-bond acceptors (Lipinski definition) is 4. The van der Waals surface area contributed by atoms with Crippen molar-refractivity contribution in [2.45, 2.75) is 32.4 Å². The minimum atomic E-state index is 0.461. The van der Waals surface area contributed by atoms with Gasteiger partial charge < -0.3 is 10.1 Å². The molecule has 1 aliphatic heterocycles. The van der Waals surface area contributed by atoms with Crippen LogP contribution >= 0.6 is 0 Å². The second-order valence-corrected chi connectivity index (χ2v) is 6.66. The highest BCUT2D eigenvalue weighted by Gasteiger charge is 2.20. The Morgan fingerprint density at radius 3 is 2.56 bits per heavy atom. The van der Waals surface area contributed by atoms with Crippen LogP contribution in [0, 0.1) is 18.3 Å². The molecule has 2 aromatic rings. The van der Waals surface area contributed by atoms with Crippen molar-refractivity contribution < 1.29 is 4.74 Å². The van der Waals surface area contributed by atoms with Crippen molar-refractivity contribution in [2.24, 2.45) is 0 Å². The first-order chi connectivity index (χ1) is 12.2. The first-order valence-electron chi connectivity index (χ1n) is 8.81. The fraction of sp³-hybridized carbons (Fsp3) is 0.381. The van der Waals surface area contributed by atoms with Crippen LogP contribution in [0.4, 0.5) is 5.69 Å². The average Bonchev–Trinajstić information content (AvgIpc) is 2.65. The standard InChI is InChI=1S/C21H25N3O/c1-16-12-18(14-22)21(25-2)13-20(16)23-19-8-10-24(11-9-19)15-17-6-4-3-5-7-17/h3-7,12-13,19,23H,8-11,15H2,1-2H3. The molecule has 3 rings (SSSR count). The Morgan fingerprint density at radius 2 is 1.92 bits per heavy atom. The summed E-state index contributed by atoms with van der Waals surface area (Å²) in [5, 5.41) is 12.8. The third-order valence-corrected chi connectivity index (χ3v) is 4.86. The molecule has 0 spiro atoms. The van der Waals surface area contributed by atoms with E-state index in [-0.39, 0.29) is 0 Å².